The first-order valence-electron chi connectivity index (χ1n) is 10.2. The van der Waals surface area contributed by atoms with Gasteiger partial charge in [-0.25, -0.2) is 0 Å². The smallest absolute Gasteiger partial charge is 0.419 e. The van der Waals surface area contributed by atoms with Gasteiger partial charge in [-0.05, 0) is 19.1 Å². The van der Waals surface area contributed by atoms with Crippen molar-refractivity contribution < 1.29 is 35.8 Å². The van der Waals surface area contributed by atoms with Crippen LogP contribution in [0.4, 0.5) is 26.3 Å². The topological polar surface area (TPSA) is 64.2 Å². The summed E-state index contributed by atoms with van der Waals surface area (Å²) in [4.78, 5) is 19.4. The van der Waals surface area contributed by atoms with Crippen molar-refractivity contribution in [3.63, 3.8) is 0 Å². The lowest BCUT2D eigenvalue weighted by atomic mass is 9.76. The molecule has 1 saturated heterocycles. The molecule has 4 rings (SSSR count). The fourth-order valence-corrected chi connectivity index (χ4v) is 4.60. The molecular formula is C23H20F6N2O3. The minimum absolute atomic E-state index is 0.00740. The maximum Gasteiger partial charge on any atom is 0.419 e. The standard InChI is InChI=1S/C23H20F6N2O3/c1-11-18(12-5-4-6-14(19(12)33-3)22(24,25)26)20(34-21(11,2)23(27,28)29)16-9-17(32)13-10-30-8-7-15(13)31-16/h4-11,18,20H,1-3H3,(H,31,32)/t11-,18-,20-,21+/m0/s1. The van der Waals surface area contributed by atoms with Crippen molar-refractivity contribution in [2.45, 2.75) is 43.8 Å². The van der Waals surface area contributed by atoms with Gasteiger partial charge in [0.1, 0.15) is 11.9 Å². The van der Waals surface area contributed by atoms with E-state index in [9.17, 15) is 31.1 Å². The second kappa shape index (κ2) is 8.00. The van der Waals surface area contributed by atoms with Crippen LogP contribution in [-0.2, 0) is 10.9 Å². The number of pyridine rings is 2. The van der Waals surface area contributed by atoms with Crippen LogP contribution in [0.5, 0.6) is 5.75 Å². The van der Waals surface area contributed by atoms with Gasteiger partial charge in [0.2, 0.25) is 0 Å². The van der Waals surface area contributed by atoms with Crippen molar-refractivity contribution in [2.75, 3.05) is 7.11 Å². The zero-order valence-electron chi connectivity index (χ0n) is 18.2. The Labute approximate surface area is 189 Å². The highest BCUT2D eigenvalue weighted by molar-refractivity contribution is 5.77. The Morgan fingerprint density at radius 1 is 1.15 bits per heavy atom. The monoisotopic (exact) mass is 486 g/mol. The molecule has 182 valence electrons. The maximum absolute atomic E-state index is 14.1. The van der Waals surface area contributed by atoms with E-state index in [-0.39, 0.29) is 16.6 Å². The Bertz CT molecular complexity index is 1290. The number of hydrogen-bond acceptors (Lipinski definition) is 4. The van der Waals surface area contributed by atoms with E-state index in [1.165, 1.54) is 31.5 Å². The number of aromatic nitrogens is 2. The molecule has 3 heterocycles. The van der Waals surface area contributed by atoms with Crippen molar-refractivity contribution >= 4 is 10.9 Å². The number of benzene rings is 1. The van der Waals surface area contributed by atoms with E-state index in [1.54, 1.807) is 0 Å². The van der Waals surface area contributed by atoms with Crippen LogP contribution in [0.2, 0.25) is 0 Å². The van der Waals surface area contributed by atoms with Crippen LogP contribution in [0.25, 0.3) is 10.9 Å². The molecule has 0 bridgehead atoms. The van der Waals surface area contributed by atoms with Gasteiger partial charge in [0.05, 0.1) is 23.6 Å². The van der Waals surface area contributed by atoms with Crippen LogP contribution in [0.15, 0.2) is 47.5 Å². The summed E-state index contributed by atoms with van der Waals surface area (Å²) in [5, 5.41) is 0.212. The van der Waals surface area contributed by atoms with Crippen molar-refractivity contribution in [3.05, 3.63) is 69.8 Å². The zero-order chi connectivity index (χ0) is 25.1. The van der Waals surface area contributed by atoms with Crippen LogP contribution in [-0.4, -0.2) is 28.9 Å². The molecule has 3 aromatic rings. The van der Waals surface area contributed by atoms with Gasteiger partial charge in [-0.2, -0.15) is 26.3 Å². The Kier molecular flexibility index (Phi) is 5.66. The molecule has 1 fully saturated rings. The fraction of sp³-hybridized carbons (Fsp3) is 0.391. The summed E-state index contributed by atoms with van der Waals surface area (Å²) in [5.41, 5.74) is -4.11. The highest BCUT2D eigenvalue weighted by atomic mass is 19.4. The predicted octanol–water partition coefficient (Wildman–Crippen LogP) is 5.76. The van der Waals surface area contributed by atoms with Gasteiger partial charge in [0.15, 0.2) is 11.0 Å². The zero-order valence-corrected chi connectivity index (χ0v) is 18.2. The number of aromatic amines is 1. The molecule has 11 heteroatoms. The van der Waals surface area contributed by atoms with Crippen LogP contribution in [0.3, 0.4) is 0 Å². The van der Waals surface area contributed by atoms with Gasteiger partial charge < -0.3 is 14.5 Å². The lowest BCUT2D eigenvalue weighted by molar-refractivity contribution is -0.275. The second-order valence-electron chi connectivity index (χ2n) is 8.39. The van der Waals surface area contributed by atoms with Crippen LogP contribution >= 0.6 is 0 Å². The molecule has 4 atom stereocenters. The summed E-state index contributed by atoms with van der Waals surface area (Å²) in [6.45, 7) is 2.12. The minimum atomic E-state index is -4.84. The van der Waals surface area contributed by atoms with Crippen LogP contribution < -0.4 is 10.2 Å². The van der Waals surface area contributed by atoms with E-state index >= 15 is 0 Å². The van der Waals surface area contributed by atoms with Gasteiger partial charge in [0, 0.05) is 41.6 Å². The third-order valence-electron chi connectivity index (χ3n) is 6.54. The van der Waals surface area contributed by atoms with E-state index in [2.05, 4.69) is 9.97 Å². The minimum Gasteiger partial charge on any atom is -0.496 e. The molecule has 0 radical (unpaired) electrons. The Morgan fingerprint density at radius 3 is 2.47 bits per heavy atom. The Morgan fingerprint density at radius 2 is 1.85 bits per heavy atom. The van der Waals surface area contributed by atoms with Gasteiger partial charge >= 0.3 is 12.4 Å². The predicted molar refractivity (Wildman–Crippen MR) is 111 cm³/mol. The summed E-state index contributed by atoms with van der Waals surface area (Å²) in [5.74, 6) is -3.13. The molecule has 0 saturated carbocycles. The average Bonchev–Trinajstić information content (AvgIpc) is 3.04. The van der Waals surface area contributed by atoms with Crippen LogP contribution in [0.1, 0.15) is 42.7 Å². The number of nitrogens with zero attached hydrogens (tertiary/aromatic N) is 1. The number of fused-ring (bicyclic) bond motifs is 1. The first-order chi connectivity index (χ1) is 15.8. The van der Waals surface area contributed by atoms with Crippen molar-refractivity contribution in [2.24, 2.45) is 5.92 Å². The molecule has 5 nitrogen and oxygen atoms in total. The molecule has 1 aliphatic rings. The van der Waals surface area contributed by atoms with E-state index < -0.39 is 52.6 Å². The van der Waals surface area contributed by atoms with E-state index in [0.717, 1.165) is 32.2 Å². The van der Waals surface area contributed by atoms with E-state index in [1.807, 2.05) is 0 Å². The first-order valence-corrected chi connectivity index (χ1v) is 10.2. The first kappa shape index (κ1) is 24.1. The number of hydrogen-bond donors (Lipinski definition) is 1. The van der Waals surface area contributed by atoms with Gasteiger partial charge in [0.25, 0.3) is 0 Å². The van der Waals surface area contributed by atoms with Crippen molar-refractivity contribution in [1.82, 2.24) is 9.97 Å². The SMILES string of the molecule is COc1c([C@H]2[C@H](c3cc(=O)c4cnccc4[nH]3)O[C@@](C)(C(F)(F)F)[C@H]2C)cccc1C(F)(F)F. The number of nitrogens with one attached hydrogen (secondary N) is 1. The summed E-state index contributed by atoms with van der Waals surface area (Å²) in [7, 11) is 1.03. The molecule has 1 N–H and O–H groups in total. The molecule has 0 unspecified atom stereocenters. The molecule has 1 aliphatic heterocycles. The molecular weight excluding hydrogens is 466 g/mol. The fourth-order valence-electron chi connectivity index (χ4n) is 4.60. The molecule has 1 aromatic carbocycles. The van der Waals surface area contributed by atoms with Gasteiger partial charge in [-0.15, -0.1) is 0 Å². The third-order valence-corrected chi connectivity index (χ3v) is 6.54. The highest BCUT2D eigenvalue weighted by Gasteiger charge is 2.65. The normalized spacial score (nSPS) is 25.6. The molecule has 0 spiro atoms. The Balaban J connectivity index is 1.97. The van der Waals surface area contributed by atoms with E-state index in [4.69, 9.17) is 9.47 Å². The third kappa shape index (κ3) is 3.71. The summed E-state index contributed by atoms with van der Waals surface area (Å²) < 4.78 is 94.0. The highest BCUT2D eigenvalue weighted by Crippen LogP contribution is 2.59. The quantitative estimate of drug-likeness (QED) is 0.478. The number of ether oxygens (including phenoxy) is 2. The molecule has 0 aliphatic carbocycles. The van der Waals surface area contributed by atoms with Crippen molar-refractivity contribution in [3.8, 4) is 5.75 Å². The lowest BCUT2D eigenvalue weighted by Crippen LogP contribution is -2.46. The number of methoxy groups -OCH3 is 1. The molecule has 0 amide bonds. The largest absolute Gasteiger partial charge is 0.496 e. The number of para-hydroxylation sites is 1. The Hall–Kier alpha value is -3.08. The number of alkyl halides is 6. The second-order valence-corrected chi connectivity index (χ2v) is 8.39. The lowest BCUT2D eigenvalue weighted by Gasteiger charge is -2.32. The number of halogens is 6. The van der Waals surface area contributed by atoms with Crippen LogP contribution in [0, 0.1) is 5.92 Å². The number of rotatable bonds is 3. The van der Waals surface area contributed by atoms with Gasteiger partial charge in [-0.3, -0.25) is 9.78 Å². The molecule has 34 heavy (non-hydrogen) atoms. The molecule has 2 aromatic heterocycles. The summed E-state index contributed by atoms with van der Waals surface area (Å²) in [6, 6.07) is 5.77. The average molecular weight is 486 g/mol. The number of H-pyrrole nitrogens is 1. The summed E-state index contributed by atoms with van der Waals surface area (Å²) >= 11 is 0. The van der Waals surface area contributed by atoms with Gasteiger partial charge in [-0.1, -0.05) is 19.1 Å². The maximum atomic E-state index is 14.1. The van der Waals surface area contributed by atoms with Crippen molar-refractivity contribution in [1.29, 1.82) is 0 Å². The van der Waals surface area contributed by atoms with E-state index in [0.29, 0.717) is 5.52 Å². The summed E-state index contributed by atoms with van der Waals surface area (Å²) in [6.07, 6.45) is -8.34.